The van der Waals surface area contributed by atoms with E-state index in [4.69, 9.17) is 5.11 Å². The van der Waals surface area contributed by atoms with Crippen molar-refractivity contribution in [1.82, 2.24) is 15.1 Å². The third-order valence-corrected chi connectivity index (χ3v) is 3.68. The molecule has 6 nitrogen and oxygen atoms in total. The van der Waals surface area contributed by atoms with Crippen LogP contribution in [0.4, 0.5) is 0 Å². The van der Waals surface area contributed by atoms with Gasteiger partial charge in [-0.05, 0) is 7.05 Å². The summed E-state index contributed by atoms with van der Waals surface area (Å²) < 4.78 is 0. The van der Waals surface area contributed by atoms with Crippen LogP contribution < -0.4 is 5.32 Å². The zero-order valence-electron chi connectivity index (χ0n) is 11.2. The van der Waals surface area contributed by atoms with E-state index >= 15 is 0 Å². The SMILES string of the molecule is CN1CC(N2CC(C(=O)NC/C=C/CO)CC2=O)C1. The summed E-state index contributed by atoms with van der Waals surface area (Å²) in [6.45, 7) is 2.71. The highest BCUT2D eigenvalue weighted by Crippen LogP contribution is 2.24. The number of carbonyl (C=O) groups excluding carboxylic acids is 2. The number of aliphatic hydroxyl groups is 1. The minimum absolute atomic E-state index is 0.0270. The number of aliphatic hydroxyl groups excluding tert-OH is 1. The second-order valence-electron chi connectivity index (χ2n) is 5.22. The molecule has 2 amide bonds. The van der Waals surface area contributed by atoms with E-state index in [0.29, 0.717) is 19.5 Å². The Balaban J connectivity index is 1.78. The Kier molecular flexibility index (Phi) is 4.55. The van der Waals surface area contributed by atoms with Crippen molar-refractivity contribution in [2.45, 2.75) is 12.5 Å². The van der Waals surface area contributed by atoms with E-state index < -0.39 is 0 Å². The molecule has 2 heterocycles. The summed E-state index contributed by atoms with van der Waals surface area (Å²) in [6, 6.07) is 0.282. The zero-order valence-corrected chi connectivity index (χ0v) is 11.2. The summed E-state index contributed by atoms with van der Waals surface area (Å²) >= 11 is 0. The van der Waals surface area contributed by atoms with Gasteiger partial charge in [-0.3, -0.25) is 9.59 Å². The average molecular weight is 267 g/mol. The maximum Gasteiger partial charge on any atom is 0.225 e. The normalized spacial score (nSPS) is 25.1. The summed E-state index contributed by atoms with van der Waals surface area (Å²) in [4.78, 5) is 27.8. The van der Waals surface area contributed by atoms with Crippen molar-refractivity contribution in [2.24, 2.45) is 5.92 Å². The maximum absolute atomic E-state index is 11.9. The number of nitrogens with zero attached hydrogens (tertiary/aromatic N) is 2. The molecule has 2 fully saturated rings. The van der Waals surface area contributed by atoms with E-state index in [0.717, 1.165) is 13.1 Å². The van der Waals surface area contributed by atoms with Gasteiger partial charge in [0, 0.05) is 32.6 Å². The first kappa shape index (κ1) is 14.0. The second kappa shape index (κ2) is 6.16. The number of likely N-dealkylation sites (tertiary alicyclic amines) is 2. The van der Waals surface area contributed by atoms with E-state index in [1.807, 2.05) is 11.9 Å². The fourth-order valence-corrected chi connectivity index (χ4v) is 2.59. The summed E-state index contributed by atoms with van der Waals surface area (Å²) in [5, 5.41) is 11.3. The first-order valence-electron chi connectivity index (χ1n) is 6.63. The van der Waals surface area contributed by atoms with Crippen molar-refractivity contribution in [1.29, 1.82) is 0 Å². The standard InChI is InChI=1S/C13H21N3O3/c1-15-8-11(9-15)16-7-10(6-12(16)18)13(19)14-4-2-3-5-17/h2-3,10-11,17H,4-9H2,1H3,(H,14,19)/b3-2+. The van der Waals surface area contributed by atoms with Gasteiger partial charge in [0.05, 0.1) is 18.6 Å². The first-order chi connectivity index (χ1) is 9.11. The van der Waals surface area contributed by atoms with Crippen LogP contribution in [0, 0.1) is 5.92 Å². The van der Waals surface area contributed by atoms with Crippen molar-refractivity contribution in [3.05, 3.63) is 12.2 Å². The van der Waals surface area contributed by atoms with E-state index in [1.54, 1.807) is 12.2 Å². The molecule has 2 aliphatic rings. The summed E-state index contributed by atoms with van der Waals surface area (Å²) in [5.41, 5.74) is 0. The Morgan fingerprint density at radius 3 is 2.79 bits per heavy atom. The van der Waals surface area contributed by atoms with Gasteiger partial charge in [0.2, 0.25) is 11.8 Å². The number of nitrogens with one attached hydrogen (secondary N) is 1. The van der Waals surface area contributed by atoms with Crippen LogP contribution in [-0.2, 0) is 9.59 Å². The predicted octanol–water partition coefficient (Wildman–Crippen LogP) is -1.19. The summed E-state index contributed by atoms with van der Waals surface area (Å²) in [6.07, 6.45) is 3.60. The van der Waals surface area contributed by atoms with E-state index in [-0.39, 0.29) is 30.4 Å². The molecule has 0 aromatic heterocycles. The number of carbonyl (C=O) groups is 2. The quantitative estimate of drug-likeness (QED) is 0.615. The van der Waals surface area contributed by atoms with E-state index in [2.05, 4.69) is 10.2 Å². The second-order valence-corrected chi connectivity index (χ2v) is 5.22. The lowest BCUT2D eigenvalue weighted by molar-refractivity contribution is -0.132. The number of rotatable bonds is 5. The zero-order chi connectivity index (χ0) is 13.8. The van der Waals surface area contributed by atoms with Crippen molar-refractivity contribution < 1.29 is 14.7 Å². The molecule has 0 aromatic rings. The Hall–Kier alpha value is -1.40. The third kappa shape index (κ3) is 3.33. The van der Waals surface area contributed by atoms with Gasteiger partial charge in [-0.15, -0.1) is 0 Å². The van der Waals surface area contributed by atoms with Gasteiger partial charge < -0.3 is 20.2 Å². The van der Waals surface area contributed by atoms with Crippen LogP contribution in [-0.4, -0.2) is 72.6 Å². The fraction of sp³-hybridized carbons (Fsp3) is 0.692. The number of likely N-dealkylation sites (N-methyl/N-ethyl adjacent to an activating group) is 1. The van der Waals surface area contributed by atoms with Crippen LogP contribution in [0.3, 0.4) is 0 Å². The molecule has 2 saturated heterocycles. The number of hydrogen-bond acceptors (Lipinski definition) is 4. The third-order valence-electron chi connectivity index (χ3n) is 3.68. The molecule has 0 aliphatic carbocycles. The Morgan fingerprint density at radius 1 is 1.42 bits per heavy atom. The maximum atomic E-state index is 11.9. The lowest BCUT2D eigenvalue weighted by atomic mass is 10.1. The Bertz CT molecular complexity index is 377. The van der Waals surface area contributed by atoms with Gasteiger partial charge in [0.25, 0.3) is 0 Å². The molecule has 0 saturated carbocycles. The van der Waals surface area contributed by atoms with Crippen LogP contribution in [0.1, 0.15) is 6.42 Å². The van der Waals surface area contributed by atoms with E-state index in [1.165, 1.54) is 0 Å². The van der Waals surface area contributed by atoms with Gasteiger partial charge in [0.1, 0.15) is 0 Å². The smallest absolute Gasteiger partial charge is 0.225 e. The van der Waals surface area contributed by atoms with E-state index in [9.17, 15) is 9.59 Å². The van der Waals surface area contributed by atoms with Crippen LogP contribution in [0.15, 0.2) is 12.2 Å². The highest BCUT2D eigenvalue weighted by Gasteiger charge is 2.40. The lowest BCUT2D eigenvalue weighted by Crippen LogP contribution is -2.58. The van der Waals surface area contributed by atoms with Crippen LogP contribution >= 0.6 is 0 Å². The molecule has 1 unspecified atom stereocenters. The van der Waals surface area contributed by atoms with Crippen molar-refractivity contribution in [2.75, 3.05) is 39.8 Å². The number of hydrogen-bond donors (Lipinski definition) is 2. The molecule has 0 spiro atoms. The fourth-order valence-electron chi connectivity index (χ4n) is 2.59. The van der Waals surface area contributed by atoms with Crippen LogP contribution in [0.25, 0.3) is 0 Å². The summed E-state index contributed by atoms with van der Waals surface area (Å²) in [7, 11) is 2.02. The highest BCUT2D eigenvalue weighted by molar-refractivity contribution is 5.89. The minimum Gasteiger partial charge on any atom is -0.392 e. The summed E-state index contributed by atoms with van der Waals surface area (Å²) in [5.74, 6) is -0.226. The van der Waals surface area contributed by atoms with Crippen molar-refractivity contribution >= 4 is 11.8 Å². The molecule has 0 aromatic carbocycles. The monoisotopic (exact) mass is 267 g/mol. The molecule has 2 N–H and O–H groups in total. The Labute approximate surface area is 113 Å². The first-order valence-corrected chi connectivity index (χ1v) is 6.63. The topological polar surface area (TPSA) is 72.9 Å². The van der Waals surface area contributed by atoms with Crippen molar-refractivity contribution in [3.63, 3.8) is 0 Å². The van der Waals surface area contributed by atoms with Gasteiger partial charge in [-0.2, -0.15) is 0 Å². The molecule has 6 heteroatoms. The Morgan fingerprint density at radius 2 is 2.16 bits per heavy atom. The largest absolute Gasteiger partial charge is 0.392 e. The molecular weight excluding hydrogens is 246 g/mol. The van der Waals surface area contributed by atoms with Gasteiger partial charge in [-0.1, -0.05) is 12.2 Å². The van der Waals surface area contributed by atoms with Gasteiger partial charge in [0.15, 0.2) is 0 Å². The number of amides is 2. The molecule has 106 valence electrons. The lowest BCUT2D eigenvalue weighted by Gasteiger charge is -2.42. The predicted molar refractivity (Wildman–Crippen MR) is 70.3 cm³/mol. The minimum atomic E-state index is -0.235. The molecule has 1 atom stereocenters. The highest BCUT2D eigenvalue weighted by atomic mass is 16.2. The molecule has 2 aliphatic heterocycles. The van der Waals surface area contributed by atoms with Crippen LogP contribution in [0.2, 0.25) is 0 Å². The van der Waals surface area contributed by atoms with Crippen LogP contribution in [0.5, 0.6) is 0 Å². The molecule has 0 bridgehead atoms. The molecule has 2 rings (SSSR count). The van der Waals surface area contributed by atoms with Gasteiger partial charge >= 0.3 is 0 Å². The molecular formula is C13H21N3O3. The molecule has 0 radical (unpaired) electrons. The van der Waals surface area contributed by atoms with Gasteiger partial charge in [-0.25, -0.2) is 0 Å². The van der Waals surface area contributed by atoms with Crippen molar-refractivity contribution in [3.8, 4) is 0 Å². The average Bonchev–Trinajstić information content (AvgIpc) is 2.72. The molecule has 19 heavy (non-hydrogen) atoms.